The quantitative estimate of drug-likeness (QED) is 0.657. The van der Waals surface area contributed by atoms with Crippen molar-refractivity contribution in [2.24, 2.45) is 0 Å². The Hall–Kier alpha value is -1.66. The van der Waals surface area contributed by atoms with Crippen molar-refractivity contribution in [2.75, 3.05) is 39.2 Å². The van der Waals surface area contributed by atoms with E-state index >= 15 is 0 Å². The minimum Gasteiger partial charge on any atom is -0.397 e. The van der Waals surface area contributed by atoms with Crippen molar-refractivity contribution in [1.29, 1.82) is 0 Å². The highest BCUT2D eigenvalue weighted by atomic mass is 16.5. The largest absolute Gasteiger partial charge is 0.397 e. The van der Waals surface area contributed by atoms with Crippen LogP contribution in [0.15, 0.2) is 18.3 Å². The number of nitrogens with two attached hydrogens (primary N) is 1. The number of nitrogens with zero attached hydrogens (tertiary/aromatic N) is 1. The maximum absolute atomic E-state index is 11.6. The van der Waals surface area contributed by atoms with Gasteiger partial charge in [0.1, 0.15) is 0 Å². The van der Waals surface area contributed by atoms with E-state index in [1.807, 2.05) is 0 Å². The number of carbonyl (C=O) groups is 1. The van der Waals surface area contributed by atoms with Crippen LogP contribution in [0.1, 0.15) is 10.5 Å². The van der Waals surface area contributed by atoms with Crippen LogP contribution < -0.4 is 11.1 Å². The number of aromatic nitrogens is 1. The minimum atomic E-state index is -0.293. The molecule has 0 atom stereocenters. The molecule has 0 aliphatic carbocycles. The van der Waals surface area contributed by atoms with Gasteiger partial charge in [0.15, 0.2) is 5.69 Å². The average molecular weight is 239 g/mol. The van der Waals surface area contributed by atoms with Gasteiger partial charge in [0.25, 0.3) is 5.91 Å². The number of pyridine rings is 1. The van der Waals surface area contributed by atoms with E-state index < -0.39 is 0 Å². The van der Waals surface area contributed by atoms with Crippen LogP contribution in [0.2, 0.25) is 0 Å². The summed E-state index contributed by atoms with van der Waals surface area (Å²) in [5.41, 5.74) is 6.23. The first-order valence-corrected chi connectivity index (χ1v) is 5.31. The number of carbonyl (C=O) groups excluding carboxylic acids is 1. The Morgan fingerprint density at radius 2 is 2.29 bits per heavy atom. The van der Waals surface area contributed by atoms with Gasteiger partial charge in [0.05, 0.1) is 25.5 Å². The molecule has 0 aromatic carbocycles. The molecule has 0 aliphatic rings. The molecule has 1 amide bonds. The van der Waals surface area contributed by atoms with E-state index in [1.165, 1.54) is 6.20 Å². The topological polar surface area (TPSA) is 86.5 Å². The van der Waals surface area contributed by atoms with E-state index in [9.17, 15) is 4.79 Å². The van der Waals surface area contributed by atoms with E-state index in [0.717, 1.165) is 0 Å². The maximum atomic E-state index is 11.6. The molecular formula is C11H17N3O3. The van der Waals surface area contributed by atoms with Gasteiger partial charge < -0.3 is 20.5 Å². The molecule has 94 valence electrons. The average Bonchev–Trinajstić information content (AvgIpc) is 2.34. The number of anilines is 1. The SMILES string of the molecule is COCCOCCNC(=O)c1ncccc1N. The molecule has 6 heteroatoms. The number of nitrogens with one attached hydrogen (secondary N) is 1. The van der Waals surface area contributed by atoms with Gasteiger partial charge in [-0.2, -0.15) is 0 Å². The Balaban J connectivity index is 2.24. The summed E-state index contributed by atoms with van der Waals surface area (Å²) in [5.74, 6) is -0.293. The lowest BCUT2D eigenvalue weighted by Gasteiger charge is -2.06. The highest BCUT2D eigenvalue weighted by Gasteiger charge is 2.09. The maximum Gasteiger partial charge on any atom is 0.272 e. The Morgan fingerprint density at radius 1 is 1.47 bits per heavy atom. The molecule has 17 heavy (non-hydrogen) atoms. The van der Waals surface area contributed by atoms with E-state index in [0.29, 0.717) is 32.1 Å². The second-order valence-corrected chi connectivity index (χ2v) is 3.30. The predicted octanol–water partition coefficient (Wildman–Crippen LogP) is 0.0566. The number of methoxy groups -OCH3 is 1. The van der Waals surface area contributed by atoms with Crippen molar-refractivity contribution in [3.63, 3.8) is 0 Å². The lowest BCUT2D eigenvalue weighted by atomic mass is 10.3. The summed E-state index contributed by atoms with van der Waals surface area (Å²) in [4.78, 5) is 15.5. The van der Waals surface area contributed by atoms with Gasteiger partial charge in [0, 0.05) is 19.9 Å². The van der Waals surface area contributed by atoms with Crippen molar-refractivity contribution >= 4 is 11.6 Å². The van der Waals surface area contributed by atoms with Crippen molar-refractivity contribution in [3.8, 4) is 0 Å². The third-order valence-electron chi connectivity index (χ3n) is 2.02. The van der Waals surface area contributed by atoms with Crippen LogP contribution in [-0.4, -0.2) is 44.4 Å². The Bertz CT molecular complexity index is 358. The molecule has 0 fully saturated rings. The molecule has 3 N–H and O–H groups in total. The van der Waals surface area contributed by atoms with E-state index in [1.54, 1.807) is 19.2 Å². The molecular weight excluding hydrogens is 222 g/mol. The smallest absolute Gasteiger partial charge is 0.272 e. The Labute approximate surface area is 100 Å². The van der Waals surface area contributed by atoms with Crippen LogP contribution in [0.3, 0.4) is 0 Å². The third kappa shape index (κ3) is 4.80. The summed E-state index contributed by atoms with van der Waals surface area (Å²) in [6.45, 7) is 1.90. The molecule has 0 radical (unpaired) electrons. The summed E-state index contributed by atoms with van der Waals surface area (Å²) >= 11 is 0. The monoisotopic (exact) mass is 239 g/mol. The number of nitrogen functional groups attached to an aromatic ring is 1. The van der Waals surface area contributed by atoms with Gasteiger partial charge in [-0.3, -0.25) is 4.79 Å². The summed E-state index contributed by atoms with van der Waals surface area (Å²) in [6.07, 6.45) is 1.53. The normalized spacial score (nSPS) is 10.2. The van der Waals surface area contributed by atoms with Crippen LogP contribution in [0.5, 0.6) is 0 Å². The molecule has 0 bridgehead atoms. The van der Waals surface area contributed by atoms with Crippen LogP contribution >= 0.6 is 0 Å². The standard InChI is InChI=1S/C11H17N3O3/c1-16-7-8-17-6-5-14-11(15)10-9(12)3-2-4-13-10/h2-4H,5-8,12H2,1H3,(H,14,15). The van der Waals surface area contributed by atoms with E-state index in [4.69, 9.17) is 15.2 Å². The number of ether oxygens (including phenoxy) is 2. The van der Waals surface area contributed by atoms with Crippen LogP contribution in [-0.2, 0) is 9.47 Å². The van der Waals surface area contributed by atoms with Crippen LogP contribution in [0.4, 0.5) is 5.69 Å². The van der Waals surface area contributed by atoms with Gasteiger partial charge in [-0.05, 0) is 12.1 Å². The van der Waals surface area contributed by atoms with Gasteiger partial charge in [-0.1, -0.05) is 0 Å². The fourth-order valence-electron chi connectivity index (χ4n) is 1.17. The molecule has 0 saturated heterocycles. The molecule has 0 spiro atoms. The number of amides is 1. The zero-order valence-corrected chi connectivity index (χ0v) is 9.81. The van der Waals surface area contributed by atoms with Crippen molar-refractivity contribution in [2.45, 2.75) is 0 Å². The molecule has 1 rings (SSSR count). The van der Waals surface area contributed by atoms with Crippen LogP contribution in [0, 0.1) is 0 Å². The zero-order chi connectivity index (χ0) is 12.5. The molecule has 6 nitrogen and oxygen atoms in total. The first-order chi connectivity index (χ1) is 8.25. The zero-order valence-electron chi connectivity index (χ0n) is 9.81. The molecule has 1 heterocycles. The molecule has 0 aliphatic heterocycles. The Kier molecular flexibility index (Phi) is 5.98. The van der Waals surface area contributed by atoms with Crippen LogP contribution in [0.25, 0.3) is 0 Å². The number of hydrogen-bond donors (Lipinski definition) is 2. The Morgan fingerprint density at radius 3 is 3.00 bits per heavy atom. The van der Waals surface area contributed by atoms with Crippen molar-refractivity contribution in [1.82, 2.24) is 10.3 Å². The number of hydrogen-bond acceptors (Lipinski definition) is 5. The summed E-state index contributed by atoms with van der Waals surface area (Å²) < 4.78 is 10.0. The molecule has 1 aromatic heterocycles. The van der Waals surface area contributed by atoms with Crippen molar-refractivity contribution in [3.05, 3.63) is 24.0 Å². The van der Waals surface area contributed by atoms with E-state index in [2.05, 4.69) is 10.3 Å². The minimum absolute atomic E-state index is 0.240. The lowest BCUT2D eigenvalue weighted by molar-refractivity contribution is 0.0692. The second-order valence-electron chi connectivity index (χ2n) is 3.30. The van der Waals surface area contributed by atoms with Gasteiger partial charge in [-0.25, -0.2) is 4.98 Å². The second kappa shape index (κ2) is 7.59. The summed E-state index contributed by atoms with van der Waals surface area (Å²) in [5, 5.41) is 2.67. The fourth-order valence-corrected chi connectivity index (χ4v) is 1.17. The fraction of sp³-hybridized carbons (Fsp3) is 0.455. The van der Waals surface area contributed by atoms with Gasteiger partial charge >= 0.3 is 0 Å². The van der Waals surface area contributed by atoms with Crippen molar-refractivity contribution < 1.29 is 14.3 Å². The first-order valence-electron chi connectivity index (χ1n) is 5.31. The highest BCUT2D eigenvalue weighted by Crippen LogP contribution is 2.05. The summed E-state index contributed by atoms with van der Waals surface area (Å²) in [7, 11) is 1.61. The third-order valence-corrected chi connectivity index (χ3v) is 2.02. The molecule has 0 saturated carbocycles. The lowest BCUT2D eigenvalue weighted by Crippen LogP contribution is -2.29. The van der Waals surface area contributed by atoms with E-state index in [-0.39, 0.29) is 11.6 Å². The highest BCUT2D eigenvalue weighted by molar-refractivity contribution is 5.96. The molecule has 0 unspecified atom stereocenters. The summed E-state index contributed by atoms with van der Waals surface area (Å²) in [6, 6.07) is 3.32. The molecule has 1 aromatic rings. The predicted molar refractivity (Wildman–Crippen MR) is 63.7 cm³/mol. The van der Waals surface area contributed by atoms with Gasteiger partial charge in [0.2, 0.25) is 0 Å². The number of rotatable bonds is 7. The first kappa shape index (κ1) is 13.4. The van der Waals surface area contributed by atoms with Gasteiger partial charge in [-0.15, -0.1) is 0 Å².